The van der Waals surface area contributed by atoms with Crippen molar-refractivity contribution in [1.29, 1.82) is 0 Å². The van der Waals surface area contributed by atoms with E-state index < -0.39 is 16.4 Å². The molecule has 1 heterocycles. The average Bonchev–Trinajstić information content (AvgIpc) is 4.16. The van der Waals surface area contributed by atoms with E-state index in [9.17, 15) is 0 Å². The number of benzene rings is 18. The quantitative estimate of drug-likeness (QED) is 0.113. The lowest BCUT2D eigenvalue weighted by atomic mass is 9.47. The van der Waals surface area contributed by atoms with Gasteiger partial charge in [-0.1, -0.05) is 0 Å². The molecule has 0 atom stereocenters. The molecular formula is C64H6O2. The van der Waals surface area contributed by atoms with Gasteiger partial charge in [-0.25, -0.2) is 0 Å². The summed E-state index contributed by atoms with van der Waals surface area (Å²) in [6, 6.07) is 0. The summed E-state index contributed by atoms with van der Waals surface area (Å²) in [4.78, 5) is 16.0. The first-order chi connectivity index (χ1) is 32.6. The van der Waals surface area contributed by atoms with Crippen LogP contribution in [0.25, 0.3) is 291 Å². The molecule has 0 saturated carbocycles. The molecule has 0 bridgehead atoms. The maximum Gasteiger partial charge on any atom is 0.314 e. The Morgan fingerprint density at radius 3 is 0.515 bits per heavy atom. The maximum absolute atomic E-state index is 16.0. The van der Waals surface area contributed by atoms with Crippen LogP contribution in [0.3, 0.4) is 0 Å². The molecule has 1 saturated heterocycles. The standard InChI is InChI=1S/C64H6O2/c1-62(2)61(65)66-64-59-53-47-37-25-17-9-5-3-4-7-11(9)19(25)29-23-15(7)16-8(4)12-10-6(3)14-13(5)21-27(17)35-41-31(21)32-22(14)28-18(10)26-20(12)30-24(16)34-33(23)45(39(29)47)55(59)56-46(34)40(30)48-38(26)44-36(28)42(32)50-49(41)57(51(53)43(35)37)63(62,64)58(50)52(44)54(48)60(56)64/h1-2H3. The third-order valence-electron chi connectivity index (χ3n) is 24.9. The molecule has 66 heavy (non-hydrogen) atoms. The highest BCUT2D eigenvalue weighted by molar-refractivity contribution is 6.82. The van der Waals surface area contributed by atoms with Crippen molar-refractivity contribution in [3.8, 4) is 0 Å². The second kappa shape index (κ2) is 5.04. The van der Waals surface area contributed by atoms with Gasteiger partial charge in [-0.05, 0) is 316 Å². The molecule has 33 rings (SSSR count). The Kier molecular flexibility index (Phi) is 1.81. The van der Waals surface area contributed by atoms with Crippen molar-refractivity contribution in [3.63, 3.8) is 0 Å². The Bertz CT molecular complexity index is 6930. The second-order valence-electron chi connectivity index (χ2n) is 25.2. The van der Waals surface area contributed by atoms with E-state index in [0.717, 1.165) is 0 Å². The van der Waals surface area contributed by atoms with Gasteiger partial charge in [-0.2, -0.15) is 0 Å². The number of ether oxygens (including phenoxy) is 1. The van der Waals surface area contributed by atoms with Gasteiger partial charge in [0.1, 0.15) is 0 Å². The molecule has 4 aliphatic carbocycles. The molecule has 5 aliphatic rings. The van der Waals surface area contributed by atoms with Gasteiger partial charge in [0.15, 0.2) is 5.60 Å². The highest BCUT2D eigenvalue weighted by Gasteiger charge is 2.81. The van der Waals surface area contributed by atoms with Crippen LogP contribution in [0.4, 0.5) is 0 Å². The smallest absolute Gasteiger partial charge is 0.314 e. The lowest BCUT2D eigenvalue weighted by Crippen LogP contribution is -2.55. The van der Waals surface area contributed by atoms with Crippen LogP contribution in [-0.2, 0) is 20.5 Å². The molecule has 2 spiro atoms. The lowest BCUT2D eigenvalue weighted by Gasteiger charge is -2.51. The molecular weight excluding hydrogens is 801 g/mol. The lowest BCUT2D eigenvalue weighted by molar-refractivity contribution is -0.151. The van der Waals surface area contributed by atoms with Crippen LogP contribution in [0.5, 0.6) is 0 Å². The number of carbonyl (C=O) groups is 1. The number of carbonyl (C=O) groups excluding carboxylic acids is 1. The predicted octanol–water partition coefficient (Wildman–Crippen LogP) is 16.8. The monoisotopic (exact) mass is 806 g/mol. The SMILES string of the molecule is CC1(C)C(=O)OC23c4c5c6c7c8c9c(c%10c%11c2c2c4c4c%12c5c5c6c6c8c8c%13c9c9c%10c%10c%11c%11c2c2c4c4c%12c%12c5c5c6c8c6c8c%13c9c9c%10c%10c%11c2c2c4c4c%12c5c6c5c8c9c%10c2c45)C713. The van der Waals surface area contributed by atoms with Crippen LogP contribution in [0.15, 0.2) is 0 Å². The zero-order valence-corrected chi connectivity index (χ0v) is 33.8. The van der Waals surface area contributed by atoms with Gasteiger partial charge in [-0.3, -0.25) is 4.79 Å². The molecule has 0 radical (unpaired) electrons. The van der Waals surface area contributed by atoms with E-state index in [1.54, 1.807) is 226 Å². The summed E-state index contributed by atoms with van der Waals surface area (Å²) in [7, 11) is 0. The Morgan fingerprint density at radius 1 is 0.212 bits per heavy atom. The number of esters is 1. The summed E-state index contributed by atoms with van der Waals surface area (Å²) in [5.41, 5.74) is 3.31. The van der Waals surface area contributed by atoms with Gasteiger partial charge in [0, 0.05) is 11.1 Å². The third kappa shape index (κ3) is 1.14. The van der Waals surface area contributed by atoms with E-state index in [-0.39, 0.29) is 5.97 Å². The van der Waals surface area contributed by atoms with Crippen molar-refractivity contribution in [3.05, 3.63) is 22.3 Å². The number of hydrogen-bond acceptors (Lipinski definition) is 2. The maximum atomic E-state index is 16.0. The Balaban J connectivity index is 1.28. The van der Waals surface area contributed by atoms with Gasteiger partial charge in [0.2, 0.25) is 0 Å². The van der Waals surface area contributed by atoms with E-state index >= 15 is 4.79 Å². The molecule has 0 aromatic heterocycles. The second-order valence-corrected chi connectivity index (χ2v) is 25.2. The van der Waals surface area contributed by atoms with Gasteiger partial charge in [-0.15, -0.1) is 0 Å². The van der Waals surface area contributed by atoms with Crippen molar-refractivity contribution >= 4 is 297 Å². The first-order valence-corrected chi connectivity index (χ1v) is 24.6. The molecule has 0 amide bonds. The molecule has 0 unspecified atom stereocenters. The summed E-state index contributed by atoms with van der Waals surface area (Å²) < 4.78 is 7.92. The third-order valence-corrected chi connectivity index (χ3v) is 24.9. The minimum absolute atomic E-state index is 0.00231. The van der Waals surface area contributed by atoms with E-state index in [2.05, 4.69) is 13.8 Å². The average molecular weight is 807 g/mol. The minimum Gasteiger partial charge on any atom is -0.447 e. The molecule has 28 aromatic rings. The van der Waals surface area contributed by atoms with E-state index in [1.807, 2.05) is 0 Å². The zero-order valence-electron chi connectivity index (χ0n) is 33.8. The predicted molar refractivity (Wildman–Crippen MR) is 274 cm³/mol. The zero-order chi connectivity index (χ0) is 39.3. The largest absolute Gasteiger partial charge is 0.447 e. The van der Waals surface area contributed by atoms with E-state index in [0.29, 0.717) is 0 Å². The topological polar surface area (TPSA) is 26.3 Å². The minimum atomic E-state index is -0.945. The van der Waals surface area contributed by atoms with Gasteiger partial charge >= 0.3 is 5.97 Å². The first-order valence-electron chi connectivity index (χ1n) is 24.6. The summed E-state index contributed by atoms with van der Waals surface area (Å²) in [6.07, 6.45) is 0. The summed E-state index contributed by atoms with van der Waals surface area (Å²) in [5, 5.41) is 84.7. The normalized spacial score (nSPS) is 24.0. The van der Waals surface area contributed by atoms with Crippen molar-refractivity contribution < 1.29 is 9.53 Å². The van der Waals surface area contributed by atoms with E-state index in [1.165, 1.54) is 86.9 Å². The van der Waals surface area contributed by atoms with Crippen LogP contribution in [0.2, 0.25) is 0 Å². The molecule has 274 valence electrons. The number of hydrogen-bond donors (Lipinski definition) is 0. The molecule has 28 aromatic carbocycles. The highest BCUT2D eigenvalue weighted by Crippen LogP contribution is 2.87. The van der Waals surface area contributed by atoms with Crippen molar-refractivity contribution in [2.24, 2.45) is 5.41 Å². The Morgan fingerprint density at radius 2 is 0.348 bits per heavy atom. The molecule has 1 aliphatic heterocycles. The molecule has 2 heteroatoms. The van der Waals surface area contributed by atoms with Crippen molar-refractivity contribution in [2.75, 3.05) is 0 Å². The highest BCUT2D eigenvalue weighted by atomic mass is 16.6. The van der Waals surface area contributed by atoms with Crippen LogP contribution in [-0.4, -0.2) is 5.97 Å². The fraction of sp³-hybridized carbons (Fsp3) is 0.0781. The molecule has 1 fully saturated rings. The van der Waals surface area contributed by atoms with Crippen LogP contribution >= 0.6 is 0 Å². The van der Waals surface area contributed by atoms with Gasteiger partial charge in [0.25, 0.3) is 0 Å². The fourth-order valence-electron chi connectivity index (χ4n) is 24.8. The van der Waals surface area contributed by atoms with Crippen LogP contribution in [0.1, 0.15) is 36.1 Å². The summed E-state index contributed by atoms with van der Waals surface area (Å²) in [5.74, 6) is -0.00231. The number of rotatable bonds is 0. The van der Waals surface area contributed by atoms with Crippen molar-refractivity contribution in [2.45, 2.75) is 24.9 Å². The van der Waals surface area contributed by atoms with Gasteiger partial charge in [0.05, 0.1) is 10.8 Å². The first kappa shape index (κ1) is 23.7. The van der Waals surface area contributed by atoms with Crippen molar-refractivity contribution in [1.82, 2.24) is 0 Å². The van der Waals surface area contributed by atoms with Gasteiger partial charge < -0.3 is 4.74 Å². The summed E-state index contributed by atoms with van der Waals surface area (Å²) in [6.45, 7) is 4.69. The fourth-order valence-corrected chi connectivity index (χ4v) is 24.8. The molecule has 2 nitrogen and oxygen atoms in total. The van der Waals surface area contributed by atoms with E-state index in [4.69, 9.17) is 4.74 Å². The molecule has 0 N–H and O–H groups in total. The van der Waals surface area contributed by atoms with Crippen LogP contribution in [0, 0.1) is 5.41 Å². The Labute approximate surface area is 357 Å². The van der Waals surface area contributed by atoms with Crippen LogP contribution < -0.4 is 0 Å². The summed E-state index contributed by atoms with van der Waals surface area (Å²) >= 11 is 0. The Hall–Kier alpha value is -8.07.